The van der Waals surface area contributed by atoms with Crippen LogP contribution in [0.5, 0.6) is 0 Å². The number of hydrogen-bond donors (Lipinski definition) is 1. The summed E-state index contributed by atoms with van der Waals surface area (Å²) in [4.78, 5) is 0. The van der Waals surface area contributed by atoms with Gasteiger partial charge in [-0.15, -0.1) is 0 Å². The number of rotatable bonds is 5. The van der Waals surface area contributed by atoms with Crippen molar-refractivity contribution >= 4 is 11.6 Å². The van der Waals surface area contributed by atoms with E-state index in [1.54, 1.807) is 0 Å². The summed E-state index contributed by atoms with van der Waals surface area (Å²) < 4.78 is 12.9. The van der Waals surface area contributed by atoms with Gasteiger partial charge in [-0.3, -0.25) is 0 Å². The van der Waals surface area contributed by atoms with Crippen LogP contribution in [0.3, 0.4) is 0 Å². The zero-order valence-corrected chi connectivity index (χ0v) is 12.5. The molecule has 106 valence electrons. The van der Waals surface area contributed by atoms with Gasteiger partial charge in [0, 0.05) is 17.6 Å². The molecule has 20 heavy (non-hydrogen) atoms. The molecule has 0 saturated heterocycles. The summed E-state index contributed by atoms with van der Waals surface area (Å²) in [7, 11) is 0. The van der Waals surface area contributed by atoms with Crippen molar-refractivity contribution in [3.63, 3.8) is 0 Å². The molecule has 3 heteroatoms. The van der Waals surface area contributed by atoms with Crippen LogP contribution in [0.25, 0.3) is 0 Å². The zero-order chi connectivity index (χ0) is 14.5. The third-order valence-electron chi connectivity index (χ3n) is 3.34. The first-order chi connectivity index (χ1) is 9.56. The highest BCUT2D eigenvalue weighted by atomic mass is 35.5. The summed E-state index contributed by atoms with van der Waals surface area (Å²) >= 11 is 5.93. The Bertz CT molecular complexity index is 534. The molecule has 0 heterocycles. The number of benzene rings is 2. The minimum Gasteiger partial charge on any atom is -0.306 e. The molecule has 0 aliphatic heterocycles. The van der Waals surface area contributed by atoms with Crippen molar-refractivity contribution in [3.05, 3.63) is 70.5 Å². The van der Waals surface area contributed by atoms with Crippen LogP contribution in [-0.4, -0.2) is 0 Å². The Kier molecular flexibility index (Phi) is 5.16. The lowest BCUT2D eigenvalue weighted by Crippen LogP contribution is -2.25. The van der Waals surface area contributed by atoms with Gasteiger partial charge < -0.3 is 5.32 Å². The molecule has 0 amide bonds. The van der Waals surface area contributed by atoms with Gasteiger partial charge in [0.25, 0.3) is 0 Å². The fourth-order valence-corrected chi connectivity index (χ4v) is 2.36. The van der Waals surface area contributed by atoms with Crippen molar-refractivity contribution in [3.8, 4) is 0 Å². The van der Waals surface area contributed by atoms with Crippen molar-refractivity contribution in [1.29, 1.82) is 0 Å². The molecule has 1 unspecified atom stereocenters. The SMILES string of the molecule is CC(C)C(NCc1ccc(F)cc1)c1ccc(Cl)cc1. The fraction of sp³-hybridized carbons (Fsp3) is 0.294. The van der Waals surface area contributed by atoms with Crippen LogP contribution in [0.2, 0.25) is 5.02 Å². The van der Waals surface area contributed by atoms with Crippen molar-refractivity contribution < 1.29 is 4.39 Å². The molecule has 1 N–H and O–H groups in total. The standard InChI is InChI=1S/C17H19ClFN/c1-12(2)17(14-5-7-15(18)8-6-14)20-11-13-3-9-16(19)10-4-13/h3-10,12,17,20H,11H2,1-2H3. The Balaban J connectivity index is 2.06. The highest BCUT2D eigenvalue weighted by Crippen LogP contribution is 2.23. The molecule has 0 aliphatic carbocycles. The maximum absolute atomic E-state index is 12.9. The van der Waals surface area contributed by atoms with E-state index in [9.17, 15) is 4.39 Å². The van der Waals surface area contributed by atoms with Crippen LogP contribution >= 0.6 is 11.6 Å². The normalized spacial score (nSPS) is 12.7. The predicted molar refractivity (Wildman–Crippen MR) is 82.3 cm³/mol. The van der Waals surface area contributed by atoms with E-state index in [0.29, 0.717) is 12.5 Å². The maximum Gasteiger partial charge on any atom is 0.123 e. The third kappa shape index (κ3) is 4.06. The molecule has 1 atom stereocenters. The molecule has 0 aromatic heterocycles. The van der Waals surface area contributed by atoms with E-state index >= 15 is 0 Å². The number of hydrogen-bond acceptors (Lipinski definition) is 1. The van der Waals surface area contributed by atoms with Gasteiger partial charge in [0.2, 0.25) is 0 Å². The average Bonchev–Trinajstić information content (AvgIpc) is 2.43. The Morgan fingerprint density at radius 2 is 1.60 bits per heavy atom. The minimum absolute atomic E-state index is 0.202. The van der Waals surface area contributed by atoms with Crippen LogP contribution in [0.1, 0.15) is 31.0 Å². The summed E-state index contributed by atoms with van der Waals surface area (Å²) in [6.45, 7) is 5.07. The molecule has 2 aromatic carbocycles. The monoisotopic (exact) mass is 291 g/mol. The molecule has 0 fully saturated rings. The smallest absolute Gasteiger partial charge is 0.123 e. The van der Waals surface area contributed by atoms with Gasteiger partial charge >= 0.3 is 0 Å². The van der Waals surface area contributed by atoms with E-state index in [1.165, 1.54) is 17.7 Å². The van der Waals surface area contributed by atoms with Gasteiger partial charge in [0.15, 0.2) is 0 Å². The van der Waals surface area contributed by atoms with Crippen molar-refractivity contribution in [1.82, 2.24) is 5.32 Å². The van der Waals surface area contributed by atoms with Gasteiger partial charge in [0.1, 0.15) is 5.82 Å². The summed E-state index contributed by atoms with van der Waals surface area (Å²) in [6.07, 6.45) is 0. The summed E-state index contributed by atoms with van der Waals surface area (Å²) in [5.74, 6) is 0.253. The van der Waals surface area contributed by atoms with Crippen LogP contribution < -0.4 is 5.32 Å². The lowest BCUT2D eigenvalue weighted by Gasteiger charge is -2.23. The molecule has 0 bridgehead atoms. The van der Waals surface area contributed by atoms with Gasteiger partial charge in [0.05, 0.1) is 0 Å². The van der Waals surface area contributed by atoms with Gasteiger partial charge in [-0.05, 0) is 41.3 Å². The second-order valence-electron chi connectivity index (χ2n) is 5.28. The quantitative estimate of drug-likeness (QED) is 0.820. The highest BCUT2D eigenvalue weighted by Gasteiger charge is 2.15. The molecule has 1 nitrogen and oxygen atoms in total. The van der Waals surface area contributed by atoms with Gasteiger partial charge in [-0.25, -0.2) is 4.39 Å². The lowest BCUT2D eigenvalue weighted by atomic mass is 9.96. The molecular weight excluding hydrogens is 273 g/mol. The van der Waals surface area contributed by atoms with Crippen molar-refractivity contribution in [2.75, 3.05) is 0 Å². The van der Waals surface area contributed by atoms with E-state index < -0.39 is 0 Å². The zero-order valence-electron chi connectivity index (χ0n) is 11.7. The van der Waals surface area contributed by atoms with Crippen LogP contribution in [0, 0.1) is 11.7 Å². The second kappa shape index (κ2) is 6.87. The molecule has 0 saturated carbocycles. The maximum atomic E-state index is 12.9. The largest absolute Gasteiger partial charge is 0.306 e. The third-order valence-corrected chi connectivity index (χ3v) is 3.59. The second-order valence-corrected chi connectivity index (χ2v) is 5.72. The summed E-state index contributed by atoms with van der Waals surface area (Å²) in [5, 5.41) is 4.27. The topological polar surface area (TPSA) is 12.0 Å². The number of nitrogens with one attached hydrogen (secondary N) is 1. The predicted octanol–water partition coefficient (Wildman–Crippen LogP) is 4.97. The average molecular weight is 292 g/mol. The molecule has 2 aromatic rings. The fourth-order valence-electron chi connectivity index (χ4n) is 2.24. The highest BCUT2D eigenvalue weighted by molar-refractivity contribution is 6.30. The van der Waals surface area contributed by atoms with Crippen LogP contribution in [0.15, 0.2) is 48.5 Å². The molecule has 0 radical (unpaired) electrons. The first kappa shape index (κ1) is 15.0. The first-order valence-electron chi connectivity index (χ1n) is 6.79. The minimum atomic E-state index is -0.202. The first-order valence-corrected chi connectivity index (χ1v) is 7.17. The molecular formula is C17H19ClFN. The summed E-state index contributed by atoms with van der Waals surface area (Å²) in [6, 6.07) is 14.8. The Morgan fingerprint density at radius 1 is 1.00 bits per heavy atom. The van der Waals surface area contributed by atoms with Crippen LogP contribution in [-0.2, 0) is 6.54 Å². The van der Waals surface area contributed by atoms with Gasteiger partial charge in [-0.1, -0.05) is 49.7 Å². The Hall–Kier alpha value is -1.38. The Labute approximate surface area is 124 Å². The molecule has 0 spiro atoms. The Morgan fingerprint density at radius 3 is 2.15 bits per heavy atom. The van der Waals surface area contributed by atoms with E-state index in [1.807, 2.05) is 36.4 Å². The molecule has 0 aliphatic rings. The lowest BCUT2D eigenvalue weighted by molar-refractivity contribution is 0.410. The number of halogens is 2. The van der Waals surface area contributed by atoms with E-state index in [-0.39, 0.29) is 11.9 Å². The van der Waals surface area contributed by atoms with E-state index in [0.717, 1.165) is 10.6 Å². The summed E-state index contributed by atoms with van der Waals surface area (Å²) in [5.41, 5.74) is 2.29. The van der Waals surface area contributed by atoms with Crippen molar-refractivity contribution in [2.24, 2.45) is 5.92 Å². The van der Waals surface area contributed by atoms with Crippen LogP contribution in [0.4, 0.5) is 4.39 Å². The molecule has 2 rings (SSSR count). The van der Waals surface area contributed by atoms with Gasteiger partial charge in [-0.2, -0.15) is 0 Å². The van der Waals surface area contributed by atoms with E-state index in [2.05, 4.69) is 19.2 Å². The van der Waals surface area contributed by atoms with E-state index in [4.69, 9.17) is 11.6 Å². The van der Waals surface area contributed by atoms with Crippen molar-refractivity contribution in [2.45, 2.75) is 26.4 Å².